The lowest BCUT2D eigenvalue weighted by Crippen LogP contribution is -2.46. The molecule has 0 radical (unpaired) electrons. The van der Waals surface area contributed by atoms with Gasteiger partial charge in [0.25, 0.3) is 0 Å². The first-order valence-electron chi connectivity index (χ1n) is 5.45. The normalized spacial score (nSPS) is 17.1. The van der Waals surface area contributed by atoms with Crippen molar-refractivity contribution in [1.82, 2.24) is 24.7 Å². The highest BCUT2D eigenvalue weighted by Gasteiger charge is 2.25. The Bertz CT molecular complexity index is 459. The van der Waals surface area contributed by atoms with Gasteiger partial charge >= 0.3 is 11.7 Å². The number of rotatable bonds is 1. The van der Waals surface area contributed by atoms with E-state index in [1.165, 1.54) is 11.9 Å². The minimum absolute atomic E-state index is 0.0881. The van der Waals surface area contributed by atoms with Gasteiger partial charge in [-0.3, -0.25) is 0 Å². The summed E-state index contributed by atoms with van der Waals surface area (Å²) in [5.74, 6) is 0. The molecular weight excluding hydrogens is 226 g/mol. The summed E-state index contributed by atoms with van der Waals surface area (Å²) in [5, 5.41) is 7.04. The molecule has 0 aromatic carbocycles. The van der Waals surface area contributed by atoms with Crippen molar-refractivity contribution >= 4 is 6.03 Å². The fourth-order valence-electron chi connectivity index (χ4n) is 1.81. The number of ether oxygens (including phenoxy) is 1. The summed E-state index contributed by atoms with van der Waals surface area (Å²) in [6.07, 6.45) is 1.55. The van der Waals surface area contributed by atoms with Gasteiger partial charge in [0.2, 0.25) is 0 Å². The maximum atomic E-state index is 12.0. The van der Waals surface area contributed by atoms with Crippen molar-refractivity contribution in [3.05, 3.63) is 10.5 Å². The Hall–Kier alpha value is -1.70. The minimum Gasteiger partial charge on any atom is -0.381 e. The first-order valence-corrected chi connectivity index (χ1v) is 5.45. The fourth-order valence-corrected chi connectivity index (χ4v) is 1.81. The fraction of sp³-hybridized carbons (Fsp3) is 0.778. The molecule has 1 aliphatic rings. The van der Waals surface area contributed by atoms with Gasteiger partial charge in [0.1, 0.15) is 0 Å². The number of tetrazole rings is 1. The molecule has 1 aromatic rings. The summed E-state index contributed by atoms with van der Waals surface area (Å²) in [6, 6.07) is -0.361. The summed E-state index contributed by atoms with van der Waals surface area (Å²) in [5.41, 5.74) is -0.533. The maximum Gasteiger partial charge on any atom is 0.372 e. The number of nitrogens with zero attached hydrogens (tertiary/aromatic N) is 5. The average Bonchev–Trinajstić information content (AvgIpc) is 2.69. The van der Waals surface area contributed by atoms with Crippen LogP contribution in [0.15, 0.2) is 4.79 Å². The van der Waals surface area contributed by atoms with E-state index in [1.807, 2.05) is 0 Å². The molecule has 0 spiro atoms. The van der Waals surface area contributed by atoms with E-state index in [0.29, 0.717) is 13.2 Å². The molecule has 8 nitrogen and oxygen atoms in total. The molecule has 1 aromatic heterocycles. The van der Waals surface area contributed by atoms with Crippen LogP contribution in [0.4, 0.5) is 4.79 Å². The summed E-state index contributed by atoms with van der Waals surface area (Å²) in [7, 11) is 3.12. The smallest absolute Gasteiger partial charge is 0.372 e. The average molecular weight is 241 g/mol. The van der Waals surface area contributed by atoms with Crippen LogP contribution >= 0.6 is 0 Å². The van der Waals surface area contributed by atoms with Crippen LogP contribution in [-0.4, -0.2) is 57.0 Å². The lowest BCUT2D eigenvalue weighted by molar-refractivity contribution is 0.0522. The summed E-state index contributed by atoms with van der Waals surface area (Å²) in [4.78, 5) is 25.1. The molecule has 2 rings (SSSR count). The van der Waals surface area contributed by atoms with Crippen molar-refractivity contribution in [1.29, 1.82) is 0 Å². The zero-order chi connectivity index (χ0) is 12.4. The first-order chi connectivity index (χ1) is 8.11. The SMILES string of the molecule is CN(C(=O)n1nnn(C)c1=O)C1CCOCC1. The Morgan fingerprint density at radius 2 is 2.06 bits per heavy atom. The highest BCUT2D eigenvalue weighted by atomic mass is 16.5. The molecule has 0 N–H and O–H groups in total. The van der Waals surface area contributed by atoms with Gasteiger partial charge in [0.05, 0.1) is 0 Å². The molecule has 8 heteroatoms. The molecule has 0 bridgehead atoms. The summed E-state index contributed by atoms with van der Waals surface area (Å²) < 4.78 is 7.02. The van der Waals surface area contributed by atoms with E-state index in [1.54, 1.807) is 7.05 Å². The van der Waals surface area contributed by atoms with E-state index < -0.39 is 11.7 Å². The number of carbonyl (C=O) groups is 1. The van der Waals surface area contributed by atoms with Crippen LogP contribution in [0.1, 0.15) is 12.8 Å². The standard InChI is InChI=1S/C9H15N5O3/c1-12(7-3-5-17-6-4-7)8(15)14-9(16)13(2)10-11-14/h7H,3-6H2,1-2H3. The molecule has 94 valence electrons. The van der Waals surface area contributed by atoms with Crippen molar-refractivity contribution < 1.29 is 9.53 Å². The number of hydrogen-bond acceptors (Lipinski definition) is 5. The van der Waals surface area contributed by atoms with E-state index in [4.69, 9.17) is 4.74 Å². The Balaban J connectivity index is 2.14. The van der Waals surface area contributed by atoms with E-state index in [-0.39, 0.29) is 6.04 Å². The number of hydrogen-bond donors (Lipinski definition) is 0. The predicted octanol–water partition coefficient (Wildman–Crippen LogP) is -0.944. The molecule has 0 unspecified atom stereocenters. The number of amides is 1. The van der Waals surface area contributed by atoms with Crippen LogP contribution in [0, 0.1) is 0 Å². The van der Waals surface area contributed by atoms with E-state index >= 15 is 0 Å². The van der Waals surface area contributed by atoms with E-state index in [0.717, 1.165) is 22.2 Å². The van der Waals surface area contributed by atoms with Gasteiger partial charge in [-0.1, -0.05) is 0 Å². The van der Waals surface area contributed by atoms with Gasteiger partial charge < -0.3 is 9.64 Å². The molecule has 1 aliphatic heterocycles. The van der Waals surface area contributed by atoms with Gasteiger partial charge in [-0.15, -0.1) is 4.68 Å². The largest absolute Gasteiger partial charge is 0.381 e. The second-order valence-electron chi connectivity index (χ2n) is 4.03. The van der Waals surface area contributed by atoms with Crippen molar-refractivity contribution in [2.75, 3.05) is 20.3 Å². The van der Waals surface area contributed by atoms with Crippen LogP contribution in [0.25, 0.3) is 0 Å². The molecule has 0 atom stereocenters. The lowest BCUT2D eigenvalue weighted by atomic mass is 10.1. The van der Waals surface area contributed by atoms with Gasteiger partial charge in [-0.05, 0) is 23.3 Å². The van der Waals surface area contributed by atoms with Gasteiger partial charge in [-0.2, -0.15) is 4.68 Å². The van der Waals surface area contributed by atoms with Crippen molar-refractivity contribution in [2.45, 2.75) is 18.9 Å². The van der Waals surface area contributed by atoms with Crippen molar-refractivity contribution in [3.63, 3.8) is 0 Å². The zero-order valence-corrected chi connectivity index (χ0v) is 9.87. The van der Waals surface area contributed by atoms with Crippen LogP contribution in [0.3, 0.4) is 0 Å². The quantitative estimate of drug-likeness (QED) is 0.592. The third-order valence-corrected chi connectivity index (χ3v) is 2.94. The molecule has 17 heavy (non-hydrogen) atoms. The second kappa shape index (κ2) is 4.66. The van der Waals surface area contributed by atoms with Gasteiger partial charge in [0.15, 0.2) is 0 Å². The molecule has 0 saturated carbocycles. The van der Waals surface area contributed by atoms with Crippen LogP contribution in [-0.2, 0) is 11.8 Å². The molecule has 1 saturated heterocycles. The molecule has 2 heterocycles. The van der Waals surface area contributed by atoms with Crippen LogP contribution < -0.4 is 5.69 Å². The number of aromatic nitrogens is 4. The molecular formula is C9H15N5O3. The Morgan fingerprint density at radius 1 is 1.41 bits per heavy atom. The Morgan fingerprint density at radius 3 is 2.59 bits per heavy atom. The van der Waals surface area contributed by atoms with Gasteiger partial charge in [-0.25, -0.2) is 9.59 Å². The summed E-state index contributed by atoms with van der Waals surface area (Å²) >= 11 is 0. The summed E-state index contributed by atoms with van der Waals surface area (Å²) in [6.45, 7) is 1.27. The topological polar surface area (TPSA) is 82.3 Å². The third-order valence-electron chi connectivity index (χ3n) is 2.94. The van der Waals surface area contributed by atoms with Crippen molar-refractivity contribution in [2.24, 2.45) is 7.05 Å². The molecule has 1 fully saturated rings. The highest BCUT2D eigenvalue weighted by molar-refractivity contribution is 5.75. The second-order valence-corrected chi connectivity index (χ2v) is 4.03. The highest BCUT2D eigenvalue weighted by Crippen LogP contribution is 2.13. The minimum atomic E-state index is -0.533. The van der Waals surface area contributed by atoms with Crippen LogP contribution in [0.2, 0.25) is 0 Å². The van der Waals surface area contributed by atoms with E-state index in [2.05, 4.69) is 10.4 Å². The Labute approximate surface area is 97.7 Å². The van der Waals surface area contributed by atoms with Gasteiger partial charge in [0, 0.05) is 33.4 Å². The lowest BCUT2D eigenvalue weighted by Gasteiger charge is -2.30. The van der Waals surface area contributed by atoms with Crippen molar-refractivity contribution in [3.8, 4) is 0 Å². The number of carbonyl (C=O) groups excluding carboxylic acids is 1. The molecule has 1 amide bonds. The third kappa shape index (κ3) is 2.21. The Kier molecular flexibility index (Phi) is 3.23. The van der Waals surface area contributed by atoms with Crippen LogP contribution in [0.5, 0.6) is 0 Å². The predicted molar refractivity (Wildman–Crippen MR) is 57.7 cm³/mol. The zero-order valence-electron chi connectivity index (χ0n) is 9.87. The molecule has 0 aliphatic carbocycles. The van der Waals surface area contributed by atoms with E-state index in [9.17, 15) is 9.59 Å². The first kappa shape index (κ1) is 11.8. The maximum absolute atomic E-state index is 12.0. The monoisotopic (exact) mass is 241 g/mol. The number of aryl methyl sites for hydroxylation is 1.